The van der Waals surface area contributed by atoms with Crippen LogP contribution < -0.4 is 5.32 Å². The molecule has 6 nitrogen and oxygen atoms in total. The Morgan fingerprint density at radius 2 is 2.35 bits per heavy atom. The number of rotatable bonds is 4. The molecule has 6 heteroatoms. The van der Waals surface area contributed by atoms with E-state index in [0.29, 0.717) is 18.7 Å². The summed E-state index contributed by atoms with van der Waals surface area (Å²) >= 11 is 0. The summed E-state index contributed by atoms with van der Waals surface area (Å²) in [6.45, 7) is 5.67. The second-order valence-electron chi connectivity index (χ2n) is 4.66. The smallest absolute Gasteiger partial charge is 0.407 e. The van der Waals surface area contributed by atoms with Crippen molar-refractivity contribution in [3.8, 4) is 0 Å². The number of carbonyl (C=O) groups is 1. The lowest BCUT2D eigenvalue weighted by Gasteiger charge is -2.19. The Kier molecular flexibility index (Phi) is 4.51. The number of carbonyl (C=O) groups excluding carboxylic acids is 1. The van der Waals surface area contributed by atoms with E-state index >= 15 is 0 Å². The number of hydrogen-bond donors (Lipinski definition) is 2. The van der Waals surface area contributed by atoms with Gasteiger partial charge in [-0.15, -0.1) is 0 Å². The summed E-state index contributed by atoms with van der Waals surface area (Å²) in [5, 5.41) is 15.8. The van der Waals surface area contributed by atoms with Gasteiger partial charge in [0.1, 0.15) is 23.7 Å². The maximum atomic E-state index is 11.3. The third-order valence-corrected chi connectivity index (χ3v) is 1.89. The highest BCUT2D eigenvalue weighted by molar-refractivity contribution is 5.67. The van der Waals surface area contributed by atoms with Crippen LogP contribution in [-0.4, -0.2) is 28.5 Å². The fraction of sp³-hybridized carbons (Fsp3) is 0.636. The second-order valence-corrected chi connectivity index (χ2v) is 4.66. The highest BCUT2D eigenvalue weighted by atomic mass is 16.6. The number of alkyl carbamates (subject to hydrolysis) is 1. The molecule has 0 radical (unpaired) electrons. The zero-order chi connectivity index (χ0) is 12.9. The first-order valence-electron chi connectivity index (χ1n) is 5.43. The second kappa shape index (κ2) is 5.67. The SMILES string of the molecule is CC(C)(C)OC(=O)NCC[C@@H](O)c1ccon1. The van der Waals surface area contributed by atoms with Gasteiger partial charge in [-0.2, -0.15) is 0 Å². The number of amides is 1. The van der Waals surface area contributed by atoms with Crippen LogP contribution in [0.5, 0.6) is 0 Å². The predicted octanol–water partition coefficient (Wildman–Crippen LogP) is 1.62. The van der Waals surface area contributed by atoms with Gasteiger partial charge in [-0.1, -0.05) is 5.16 Å². The fourth-order valence-corrected chi connectivity index (χ4v) is 1.17. The first kappa shape index (κ1) is 13.5. The molecule has 0 spiro atoms. The molecule has 1 heterocycles. The van der Waals surface area contributed by atoms with Crippen molar-refractivity contribution in [3.63, 3.8) is 0 Å². The Morgan fingerprint density at radius 1 is 1.65 bits per heavy atom. The molecule has 1 atom stereocenters. The molecule has 0 aliphatic carbocycles. The number of nitrogens with zero attached hydrogens (tertiary/aromatic N) is 1. The topological polar surface area (TPSA) is 84.6 Å². The van der Waals surface area contributed by atoms with Gasteiger partial charge in [-0.3, -0.25) is 0 Å². The van der Waals surface area contributed by atoms with Crippen LogP contribution in [0.3, 0.4) is 0 Å². The zero-order valence-electron chi connectivity index (χ0n) is 10.3. The van der Waals surface area contributed by atoms with Crippen LogP contribution in [0.2, 0.25) is 0 Å². The molecule has 96 valence electrons. The van der Waals surface area contributed by atoms with Gasteiger partial charge >= 0.3 is 6.09 Å². The Bertz CT molecular complexity index is 343. The molecular formula is C11H18N2O4. The van der Waals surface area contributed by atoms with Gasteiger partial charge in [0.2, 0.25) is 0 Å². The van der Waals surface area contributed by atoms with Crippen molar-refractivity contribution >= 4 is 6.09 Å². The number of aliphatic hydroxyl groups is 1. The summed E-state index contributed by atoms with van der Waals surface area (Å²) in [4.78, 5) is 11.3. The zero-order valence-corrected chi connectivity index (χ0v) is 10.3. The minimum Gasteiger partial charge on any atom is -0.444 e. The summed E-state index contributed by atoms with van der Waals surface area (Å²) < 4.78 is 9.65. The maximum Gasteiger partial charge on any atom is 0.407 e. The average Bonchev–Trinajstić information content (AvgIpc) is 2.66. The lowest BCUT2D eigenvalue weighted by atomic mass is 10.2. The molecule has 1 rings (SSSR count). The van der Waals surface area contributed by atoms with Crippen molar-refractivity contribution in [1.82, 2.24) is 10.5 Å². The lowest BCUT2D eigenvalue weighted by Crippen LogP contribution is -2.33. The van der Waals surface area contributed by atoms with Gasteiger partial charge in [-0.05, 0) is 27.2 Å². The van der Waals surface area contributed by atoms with E-state index in [4.69, 9.17) is 4.74 Å². The van der Waals surface area contributed by atoms with E-state index in [1.54, 1.807) is 26.8 Å². The third-order valence-electron chi connectivity index (χ3n) is 1.89. The summed E-state index contributed by atoms with van der Waals surface area (Å²) in [6, 6.07) is 1.58. The monoisotopic (exact) mass is 242 g/mol. The molecule has 0 saturated carbocycles. The van der Waals surface area contributed by atoms with E-state index in [-0.39, 0.29) is 0 Å². The maximum absolute atomic E-state index is 11.3. The van der Waals surface area contributed by atoms with Gasteiger partial charge in [-0.25, -0.2) is 4.79 Å². The third kappa shape index (κ3) is 5.35. The van der Waals surface area contributed by atoms with E-state index in [2.05, 4.69) is 15.0 Å². The molecule has 2 N–H and O–H groups in total. The number of aromatic nitrogens is 1. The van der Waals surface area contributed by atoms with E-state index in [1.807, 2.05) is 0 Å². The van der Waals surface area contributed by atoms with Crippen molar-refractivity contribution in [2.24, 2.45) is 0 Å². The first-order valence-corrected chi connectivity index (χ1v) is 5.43. The summed E-state index contributed by atoms with van der Waals surface area (Å²) in [6.07, 6.45) is 0.500. The summed E-state index contributed by atoms with van der Waals surface area (Å²) in [7, 11) is 0. The largest absolute Gasteiger partial charge is 0.444 e. The van der Waals surface area contributed by atoms with Crippen LogP contribution in [0.25, 0.3) is 0 Å². The van der Waals surface area contributed by atoms with Crippen molar-refractivity contribution < 1.29 is 19.2 Å². The van der Waals surface area contributed by atoms with Gasteiger partial charge in [0, 0.05) is 12.6 Å². The first-order chi connectivity index (χ1) is 7.88. The Labute approximate surface area is 99.9 Å². The van der Waals surface area contributed by atoms with Crippen LogP contribution in [0, 0.1) is 0 Å². The number of ether oxygens (including phenoxy) is 1. The van der Waals surface area contributed by atoms with Gasteiger partial charge in [0.15, 0.2) is 0 Å². The summed E-state index contributed by atoms with van der Waals surface area (Å²) in [5.74, 6) is 0. The molecule has 1 aromatic heterocycles. The van der Waals surface area contributed by atoms with Gasteiger partial charge in [0.25, 0.3) is 0 Å². The van der Waals surface area contributed by atoms with Crippen LogP contribution in [0.1, 0.15) is 39.0 Å². The predicted molar refractivity (Wildman–Crippen MR) is 60.3 cm³/mol. The van der Waals surface area contributed by atoms with E-state index in [9.17, 15) is 9.90 Å². The molecule has 0 aliphatic rings. The van der Waals surface area contributed by atoms with Crippen molar-refractivity contribution in [2.45, 2.75) is 38.9 Å². The number of aliphatic hydroxyl groups excluding tert-OH is 1. The van der Waals surface area contributed by atoms with Gasteiger partial charge < -0.3 is 19.7 Å². The summed E-state index contributed by atoms with van der Waals surface area (Å²) in [5.41, 5.74) is -0.0644. The quantitative estimate of drug-likeness (QED) is 0.838. The van der Waals surface area contributed by atoms with E-state index in [1.165, 1.54) is 6.26 Å². The molecule has 0 bridgehead atoms. The van der Waals surface area contributed by atoms with Crippen LogP contribution in [0.4, 0.5) is 4.79 Å². The van der Waals surface area contributed by atoms with Crippen molar-refractivity contribution in [1.29, 1.82) is 0 Å². The minimum absolute atomic E-state index is 0.308. The average molecular weight is 242 g/mol. The molecule has 0 saturated heterocycles. The molecule has 17 heavy (non-hydrogen) atoms. The van der Waals surface area contributed by atoms with Crippen LogP contribution in [0.15, 0.2) is 16.9 Å². The molecule has 0 aliphatic heterocycles. The van der Waals surface area contributed by atoms with Crippen LogP contribution in [-0.2, 0) is 4.74 Å². The van der Waals surface area contributed by atoms with E-state index < -0.39 is 17.8 Å². The lowest BCUT2D eigenvalue weighted by molar-refractivity contribution is 0.0517. The minimum atomic E-state index is -0.747. The van der Waals surface area contributed by atoms with E-state index in [0.717, 1.165) is 0 Å². The standard InChI is InChI=1S/C11H18N2O4/c1-11(2,3)17-10(15)12-6-4-9(14)8-5-7-16-13-8/h5,7,9,14H,4,6H2,1-3H3,(H,12,15)/t9-/m1/s1. The van der Waals surface area contributed by atoms with Gasteiger partial charge in [0.05, 0.1) is 0 Å². The molecule has 0 fully saturated rings. The molecule has 0 unspecified atom stereocenters. The molecule has 0 aromatic carbocycles. The number of nitrogens with one attached hydrogen (secondary N) is 1. The number of hydrogen-bond acceptors (Lipinski definition) is 5. The fourth-order valence-electron chi connectivity index (χ4n) is 1.17. The highest BCUT2D eigenvalue weighted by Crippen LogP contribution is 2.13. The van der Waals surface area contributed by atoms with Crippen molar-refractivity contribution in [3.05, 3.63) is 18.0 Å². The molecular weight excluding hydrogens is 224 g/mol. The Morgan fingerprint density at radius 3 is 2.88 bits per heavy atom. The Balaban J connectivity index is 2.22. The molecule has 1 amide bonds. The highest BCUT2D eigenvalue weighted by Gasteiger charge is 2.16. The Hall–Kier alpha value is -1.56. The van der Waals surface area contributed by atoms with Crippen molar-refractivity contribution in [2.75, 3.05) is 6.54 Å². The van der Waals surface area contributed by atoms with Crippen LogP contribution >= 0.6 is 0 Å². The normalized spacial score (nSPS) is 13.2. The molecule has 1 aromatic rings.